The number of para-hydroxylation sites is 1. The molecule has 0 radical (unpaired) electrons. The summed E-state index contributed by atoms with van der Waals surface area (Å²) in [5.41, 5.74) is 2.42. The van der Waals surface area contributed by atoms with Gasteiger partial charge < -0.3 is 18.9 Å². The first kappa shape index (κ1) is 29.0. The van der Waals surface area contributed by atoms with Crippen molar-refractivity contribution in [3.05, 3.63) is 107 Å². The smallest absolute Gasteiger partial charge is 0.387 e. The molecule has 1 saturated heterocycles. The van der Waals surface area contributed by atoms with Crippen molar-refractivity contribution in [3.8, 4) is 22.6 Å². The molecule has 3 aromatic carbocycles. The Morgan fingerprint density at radius 2 is 1.70 bits per heavy atom. The maximum absolute atomic E-state index is 13.4. The average Bonchev–Trinajstić information content (AvgIpc) is 3.59. The summed E-state index contributed by atoms with van der Waals surface area (Å²) in [5, 5.41) is 0. The number of ether oxygens (including phenoxy) is 2. The van der Waals surface area contributed by atoms with Gasteiger partial charge in [0.1, 0.15) is 23.9 Å². The standard InChI is InChI=1S/C32H26F4N4O4/c33-31(34)40-17-21(11-13-30(40)42)20-10-12-25-26(15-20)39(18-22-5-1-2-8-27(22)44-32(35)36)28(37-25)19-43-24-7-3-6-23(16-24)38-14-4-9-29(38)41/h1-3,5-8,10-13,15-17,31-32H,4,9,14,18-19H2. The van der Waals surface area contributed by atoms with Crippen molar-refractivity contribution in [2.75, 3.05) is 11.4 Å². The molecule has 6 rings (SSSR count). The number of amides is 1. The number of benzene rings is 3. The van der Waals surface area contributed by atoms with Crippen molar-refractivity contribution >= 4 is 22.6 Å². The monoisotopic (exact) mass is 606 g/mol. The van der Waals surface area contributed by atoms with Crippen LogP contribution in [0.1, 0.15) is 30.8 Å². The fourth-order valence-electron chi connectivity index (χ4n) is 5.29. The Morgan fingerprint density at radius 1 is 0.886 bits per heavy atom. The fraction of sp³-hybridized carbons (Fsp3) is 0.219. The van der Waals surface area contributed by atoms with Crippen LogP contribution in [0.25, 0.3) is 22.2 Å². The van der Waals surface area contributed by atoms with E-state index in [1.54, 1.807) is 64.1 Å². The van der Waals surface area contributed by atoms with E-state index in [0.29, 0.717) is 56.8 Å². The molecule has 1 aliphatic rings. The molecular weight excluding hydrogens is 580 g/mol. The molecule has 226 valence electrons. The van der Waals surface area contributed by atoms with Crippen molar-refractivity contribution < 1.29 is 31.8 Å². The first-order valence-electron chi connectivity index (χ1n) is 13.8. The molecule has 0 spiro atoms. The molecule has 44 heavy (non-hydrogen) atoms. The molecule has 5 aromatic rings. The average molecular weight is 607 g/mol. The molecule has 0 bridgehead atoms. The molecule has 8 nitrogen and oxygen atoms in total. The van der Waals surface area contributed by atoms with Crippen molar-refractivity contribution in [1.82, 2.24) is 14.1 Å². The second-order valence-electron chi connectivity index (χ2n) is 10.2. The third-order valence-electron chi connectivity index (χ3n) is 7.40. The number of aromatic nitrogens is 3. The molecule has 0 atom stereocenters. The molecule has 0 aliphatic carbocycles. The molecule has 2 aromatic heterocycles. The number of fused-ring (bicyclic) bond motifs is 1. The van der Waals surface area contributed by atoms with Gasteiger partial charge in [0.15, 0.2) is 0 Å². The Balaban J connectivity index is 1.39. The number of alkyl halides is 4. The van der Waals surface area contributed by atoms with Crippen LogP contribution in [0.5, 0.6) is 11.5 Å². The number of hydrogen-bond acceptors (Lipinski definition) is 5. The highest BCUT2D eigenvalue weighted by Crippen LogP contribution is 2.30. The number of pyridine rings is 1. The van der Waals surface area contributed by atoms with E-state index in [2.05, 4.69) is 0 Å². The molecule has 0 unspecified atom stereocenters. The van der Waals surface area contributed by atoms with Crippen molar-refractivity contribution in [1.29, 1.82) is 0 Å². The Labute approximate surface area is 248 Å². The highest BCUT2D eigenvalue weighted by Gasteiger charge is 2.22. The van der Waals surface area contributed by atoms with Crippen LogP contribution >= 0.6 is 0 Å². The third-order valence-corrected chi connectivity index (χ3v) is 7.40. The maximum atomic E-state index is 13.4. The van der Waals surface area contributed by atoms with E-state index in [1.807, 2.05) is 6.07 Å². The minimum Gasteiger partial charge on any atom is -0.486 e. The maximum Gasteiger partial charge on any atom is 0.387 e. The van der Waals surface area contributed by atoms with Crippen molar-refractivity contribution in [2.24, 2.45) is 0 Å². The van der Waals surface area contributed by atoms with Crippen LogP contribution in [-0.2, 0) is 17.9 Å². The number of carbonyl (C=O) groups is 1. The van der Waals surface area contributed by atoms with Gasteiger partial charge in [-0.25, -0.2) is 4.98 Å². The number of carbonyl (C=O) groups excluding carboxylic acids is 1. The summed E-state index contributed by atoms with van der Waals surface area (Å²) in [6.45, 7) is -5.31. The topological polar surface area (TPSA) is 78.6 Å². The molecule has 3 heterocycles. The van der Waals surface area contributed by atoms with Gasteiger partial charge in [-0.15, -0.1) is 0 Å². The summed E-state index contributed by atoms with van der Waals surface area (Å²) in [6.07, 6.45) is 2.37. The number of nitrogens with zero attached hydrogens (tertiary/aromatic N) is 4. The van der Waals surface area contributed by atoms with Crippen molar-refractivity contribution in [2.45, 2.75) is 39.2 Å². The van der Waals surface area contributed by atoms with Crippen LogP contribution in [0.4, 0.5) is 23.2 Å². The van der Waals surface area contributed by atoms with E-state index >= 15 is 0 Å². The number of rotatable bonds is 10. The Morgan fingerprint density at radius 3 is 2.48 bits per heavy atom. The fourth-order valence-corrected chi connectivity index (χ4v) is 5.29. The van der Waals surface area contributed by atoms with E-state index in [4.69, 9.17) is 14.5 Å². The van der Waals surface area contributed by atoms with E-state index in [9.17, 15) is 27.2 Å². The molecule has 12 heteroatoms. The van der Waals surface area contributed by atoms with Crippen LogP contribution < -0.4 is 19.9 Å². The molecule has 0 saturated carbocycles. The van der Waals surface area contributed by atoms with Gasteiger partial charge in [-0.1, -0.05) is 30.3 Å². The first-order chi connectivity index (χ1) is 21.3. The predicted molar refractivity (Wildman–Crippen MR) is 155 cm³/mol. The number of hydrogen-bond donors (Lipinski definition) is 0. The van der Waals surface area contributed by atoms with Crippen molar-refractivity contribution in [3.63, 3.8) is 0 Å². The van der Waals surface area contributed by atoms with Gasteiger partial charge in [0.05, 0.1) is 17.6 Å². The van der Waals surface area contributed by atoms with E-state index < -0.39 is 18.7 Å². The molecule has 0 N–H and O–H groups in total. The number of halogens is 4. The first-order valence-corrected chi connectivity index (χ1v) is 13.8. The van der Waals surface area contributed by atoms with Crippen LogP contribution in [-0.4, -0.2) is 33.2 Å². The molecular formula is C32H26F4N4O4. The van der Waals surface area contributed by atoms with Gasteiger partial charge in [-0.2, -0.15) is 17.6 Å². The Hall–Kier alpha value is -5.13. The zero-order valence-electron chi connectivity index (χ0n) is 23.2. The lowest BCUT2D eigenvalue weighted by Crippen LogP contribution is -2.23. The quantitative estimate of drug-likeness (QED) is 0.167. The lowest BCUT2D eigenvalue weighted by molar-refractivity contribution is -0.117. The Kier molecular flexibility index (Phi) is 8.05. The minimum absolute atomic E-state index is 0.000589. The van der Waals surface area contributed by atoms with Gasteiger partial charge in [0.25, 0.3) is 5.56 Å². The van der Waals surface area contributed by atoms with Gasteiger partial charge in [-0.3, -0.25) is 14.2 Å². The SMILES string of the molecule is O=C1CCCN1c1cccc(OCc2nc3ccc(-c4ccc(=O)n(C(F)F)c4)cc3n2Cc2ccccc2OC(F)F)c1. The third kappa shape index (κ3) is 6.01. The van der Waals surface area contributed by atoms with Crippen LogP contribution in [0.2, 0.25) is 0 Å². The van der Waals surface area contributed by atoms with Crippen LogP contribution in [0, 0.1) is 0 Å². The van der Waals surface area contributed by atoms with E-state index in [1.165, 1.54) is 12.1 Å². The van der Waals surface area contributed by atoms with Gasteiger partial charge in [-0.05, 0) is 53.9 Å². The number of anilines is 1. The second-order valence-corrected chi connectivity index (χ2v) is 10.2. The summed E-state index contributed by atoms with van der Waals surface area (Å²) >= 11 is 0. The predicted octanol–water partition coefficient (Wildman–Crippen LogP) is 6.62. The summed E-state index contributed by atoms with van der Waals surface area (Å²) in [4.78, 5) is 30.6. The van der Waals surface area contributed by atoms with E-state index in [-0.39, 0.29) is 24.8 Å². The summed E-state index contributed by atoms with van der Waals surface area (Å²) in [7, 11) is 0. The zero-order chi connectivity index (χ0) is 30.8. The molecule has 1 amide bonds. The highest BCUT2D eigenvalue weighted by atomic mass is 19.3. The molecule has 1 aliphatic heterocycles. The van der Waals surface area contributed by atoms with E-state index in [0.717, 1.165) is 24.4 Å². The molecule has 1 fully saturated rings. The van der Waals surface area contributed by atoms with Gasteiger partial charge >= 0.3 is 13.2 Å². The summed E-state index contributed by atoms with van der Waals surface area (Å²) < 4.78 is 66.2. The normalized spacial score (nSPS) is 13.4. The van der Waals surface area contributed by atoms with Crippen LogP contribution in [0.3, 0.4) is 0 Å². The lowest BCUT2D eigenvalue weighted by Gasteiger charge is -2.17. The largest absolute Gasteiger partial charge is 0.486 e. The minimum atomic E-state index is -3.02. The number of imidazole rings is 1. The second kappa shape index (κ2) is 12.2. The van der Waals surface area contributed by atoms with Gasteiger partial charge in [0.2, 0.25) is 5.91 Å². The van der Waals surface area contributed by atoms with Gasteiger partial charge in [0, 0.05) is 42.5 Å². The highest BCUT2D eigenvalue weighted by molar-refractivity contribution is 5.95. The summed E-state index contributed by atoms with van der Waals surface area (Å²) in [6, 6.07) is 21.2. The summed E-state index contributed by atoms with van der Waals surface area (Å²) in [5.74, 6) is 1.02. The Bertz CT molecular complexity index is 1890. The van der Waals surface area contributed by atoms with Crippen LogP contribution in [0.15, 0.2) is 89.9 Å². The zero-order valence-corrected chi connectivity index (χ0v) is 23.2. The lowest BCUT2D eigenvalue weighted by atomic mass is 10.1.